The van der Waals surface area contributed by atoms with Gasteiger partial charge in [0.1, 0.15) is 11.5 Å². The van der Waals surface area contributed by atoms with Gasteiger partial charge in [-0.25, -0.2) is 9.31 Å². The van der Waals surface area contributed by atoms with Gasteiger partial charge in [-0.2, -0.15) is 5.10 Å². The van der Waals surface area contributed by atoms with Crippen molar-refractivity contribution in [2.24, 2.45) is 0 Å². The molecule has 0 bridgehead atoms. The first-order chi connectivity index (χ1) is 17.1. The molecule has 4 heterocycles. The predicted octanol–water partition coefficient (Wildman–Crippen LogP) is 2.12. The molecule has 1 aromatic carbocycles. The highest BCUT2D eigenvalue weighted by Gasteiger charge is 2.34. The van der Waals surface area contributed by atoms with Gasteiger partial charge in [-0.05, 0) is 29.8 Å². The number of rotatable bonds is 7. The van der Waals surface area contributed by atoms with E-state index < -0.39 is 0 Å². The third-order valence-electron chi connectivity index (χ3n) is 6.61. The lowest BCUT2D eigenvalue weighted by molar-refractivity contribution is -0.129. The summed E-state index contributed by atoms with van der Waals surface area (Å²) in [5.74, 6) is 1.00. The Labute approximate surface area is 204 Å². The van der Waals surface area contributed by atoms with Crippen LogP contribution in [0.15, 0.2) is 42.7 Å². The maximum absolute atomic E-state index is 13.5. The molecule has 184 valence electrons. The lowest BCUT2D eigenvalue weighted by Gasteiger charge is -2.34. The molecule has 5 rings (SSSR count). The Kier molecular flexibility index (Phi) is 6.56. The largest absolute Gasteiger partial charge is 0.497 e. The van der Waals surface area contributed by atoms with E-state index in [-0.39, 0.29) is 24.9 Å². The Hall–Kier alpha value is -3.63. The van der Waals surface area contributed by atoms with Gasteiger partial charge in [0.2, 0.25) is 5.91 Å². The van der Waals surface area contributed by atoms with Crippen molar-refractivity contribution < 1.29 is 19.1 Å². The minimum Gasteiger partial charge on any atom is -0.497 e. The van der Waals surface area contributed by atoms with Gasteiger partial charge in [-0.3, -0.25) is 19.5 Å². The predicted molar refractivity (Wildman–Crippen MR) is 131 cm³/mol. The fourth-order valence-corrected chi connectivity index (χ4v) is 4.67. The van der Waals surface area contributed by atoms with Crippen LogP contribution < -0.4 is 19.7 Å². The molecule has 2 fully saturated rings. The molecule has 35 heavy (non-hydrogen) atoms. The van der Waals surface area contributed by atoms with E-state index in [1.165, 1.54) is 10.5 Å². The van der Waals surface area contributed by atoms with Crippen LogP contribution in [-0.4, -0.2) is 78.3 Å². The van der Waals surface area contributed by atoms with Crippen molar-refractivity contribution in [1.82, 2.24) is 24.7 Å². The monoisotopic (exact) mass is 478 g/mol. The molecule has 3 aromatic rings. The van der Waals surface area contributed by atoms with Gasteiger partial charge < -0.3 is 14.8 Å². The molecule has 2 aliphatic rings. The van der Waals surface area contributed by atoms with Crippen molar-refractivity contribution in [2.45, 2.75) is 19.5 Å². The molecule has 2 aromatic heterocycles. The number of hydrogen-bond donors (Lipinski definition) is 1. The summed E-state index contributed by atoms with van der Waals surface area (Å²) in [6.07, 6.45) is 3.86. The van der Waals surface area contributed by atoms with Crippen LogP contribution in [0.4, 0.5) is 10.5 Å². The molecule has 1 N–H and O–H groups in total. The number of aromatic nitrogens is 2. The number of ether oxygens (including phenoxy) is 2. The fourth-order valence-electron chi connectivity index (χ4n) is 4.67. The van der Waals surface area contributed by atoms with Crippen LogP contribution in [0, 0.1) is 0 Å². The minimum absolute atomic E-state index is 0.120. The first-order valence-corrected chi connectivity index (χ1v) is 11.8. The van der Waals surface area contributed by atoms with Gasteiger partial charge in [-0.15, -0.1) is 0 Å². The number of piperazine rings is 1. The summed E-state index contributed by atoms with van der Waals surface area (Å²) in [6, 6.07) is 9.15. The standard InChI is InChI=1S/C25H30N6O4/c1-34-20-4-3-19(23(14-20)35-2)17-30-24(32)6-9-29(25(30)33)22-15-27-31-10-5-18(13-21(22)31)16-28-11-7-26-8-12-28/h3-5,10,13-15,26H,6-9,11-12,16-17H2,1-2H3. The third kappa shape index (κ3) is 4.67. The highest BCUT2D eigenvalue weighted by molar-refractivity contribution is 6.07. The number of anilines is 1. The van der Waals surface area contributed by atoms with Crippen LogP contribution in [0.1, 0.15) is 17.5 Å². The molecule has 10 heteroatoms. The second-order valence-electron chi connectivity index (χ2n) is 8.76. The number of pyridine rings is 1. The van der Waals surface area contributed by atoms with Crippen LogP contribution in [0.5, 0.6) is 11.5 Å². The SMILES string of the molecule is COc1ccc(CN2C(=O)CCN(c3cnn4ccc(CN5CCNCC5)cc34)C2=O)c(OC)c1. The maximum Gasteiger partial charge on any atom is 0.331 e. The number of carbonyl (C=O) groups is 2. The number of hydrogen-bond acceptors (Lipinski definition) is 7. The molecule has 0 radical (unpaired) electrons. The molecule has 2 saturated heterocycles. The van der Waals surface area contributed by atoms with Crippen molar-refractivity contribution >= 4 is 23.1 Å². The van der Waals surface area contributed by atoms with Crippen molar-refractivity contribution in [3.05, 3.63) is 53.9 Å². The van der Waals surface area contributed by atoms with E-state index in [4.69, 9.17) is 9.47 Å². The number of methoxy groups -OCH3 is 2. The summed E-state index contributed by atoms with van der Waals surface area (Å²) in [4.78, 5) is 31.6. The first-order valence-electron chi connectivity index (χ1n) is 11.8. The average Bonchev–Trinajstić information content (AvgIpc) is 3.30. The topological polar surface area (TPSA) is 91.6 Å². The Bertz CT molecular complexity index is 1240. The Morgan fingerprint density at radius 2 is 1.83 bits per heavy atom. The summed E-state index contributed by atoms with van der Waals surface area (Å²) in [6.45, 7) is 5.28. The number of fused-ring (bicyclic) bond motifs is 1. The zero-order valence-corrected chi connectivity index (χ0v) is 20.1. The van der Waals surface area contributed by atoms with Gasteiger partial charge in [0.05, 0.1) is 38.2 Å². The van der Waals surface area contributed by atoms with E-state index in [9.17, 15) is 9.59 Å². The van der Waals surface area contributed by atoms with Crippen molar-refractivity contribution in [2.75, 3.05) is 51.8 Å². The van der Waals surface area contributed by atoms with Crippen LogP contribution in [0.25, 0.3) is 5.52 Å². The molecule has 0 aliphatic carbocycles. The summed E-state index contributed by atoms with van der Waals surface area (Å²) < 4.78 is 12.5. The van der Waals surface area contributed by atoms with Gasteiger partial charge >= 0.3 is 6.03 Å². The number of amides is 3. The highest BCUT2D eigenvalue weighted by atomic mass is 16.5. The zero-order valence-electron chi connectivity index (χ0n) is 20.1. The molecule has 2 aliphatic heterocycles. The summed E-state index contributed by atoms with van der Waals surface area (Å²) in [7, 11) is 3.14. The van der Waals surface area contributed by atoms with Gasteiger partial charge in [-0.1, -0.05) is 0 Å². The number of carbonyl (C=O) groups excluding carboxylic acids is 2. The first kappa shape index (κ1) is 23.1. The number of benzene rings is 1. The van der Waals surface area contributed by atoms with Crippen LogP contribution in [0.2, 0.25) is 0 Å². The molecule has 3 amide bonds. The molecule has 0 saturated carbocycles. The summed E-state index contributed by atoms with van der Waals surface area (Å²) in [5, 5.41) is 7.83. The van der Waals surface area contributed by atoms with E-state index in [0.717, 1.165) is 43.8 Å². The molecular weight excluding hydrogens is 448 g/mol. The van der Waals surface area contributed by atoms with Crippen molar-refractivity contribution in [3.63, 3.8) is 0 Å². The second kappa shape index (κ2) is 9.93. The molecular formula is C25H30N6O4. The number of urea groups is 1. The summed E-state index contributed by atoms with van der Waals surface area (Å²) in [5.41, 5.74) is 3.45. The highest BCUT2D eigenvalue weighted by Crippen LogP contribution is 2.30. The lowest BCUT2D eigenvalue weighted by atomic mass is 10.1. The maximum atomic E-state index is 13.5. The van der Waals surface area contributed by atoms with Crippen LogP contribution in [-0.2, 0) is 17.9 Å². The van der Waals surface area contributed by atoms with E-state index in [1.54, 1.807) is 42.0 Å². The molecule has 0 unspecified atom stereocenters. The molecule has 0 spiro atoms. The van der Waals surface area contributed by atoms with E-state index >= 15 is 0 Å². The fraction of sp³-hybridized carbons (Fsp3) is 0.400. The lowest BCUT2D eigenvalue weighted by Crippen LogP contribution is -2.52. The summed E-state index contributed by atoms with van der Waals surface area (Å²) >= 11 is 0. The van der Waals surface area contributed by atoms with Crippen LogP contribution >= 0.6 is 0 Å². The van der Waals surface area contributed by atoms with Crippen molar-refractivity contribution in [3.8, 4) is 11.5 Å². The zero-order chi connectivity index (χ0) is 24.4. The molecule has 0 atom stereocenters. The second-order valence-corrected chi connectivity index (χ2v) is 8.76. The number of imide groups is 1. The van der Waals surface area contributed by atoms with Gasteiger partial charge in [0.15, 0.2) is 0 Å². The van der Waals surface area contributed by atoms with Gasteiger partial charge in [0, 0.05) is 63.5 Å². The number of nitrogens with one attached hydrogen (secondary N) is 1. The smallest absolute Gasteiger partial charge is 0.331 e. The normalized spacial score (nSPS) is 17.3. The average molecular weight is 479 g/mol. The van der Waals surface area contributed by atoms with E-state index in [0.29, 0.717) is 23.7 Å². The molecule has 10 nitrogen and oxygen atoms in total. The third-order valence-corrected chi connectivity index (χ3v) is 6.61. The van der Waals surface area contributed by atoms with Crippen LogP contribution in [0.3, 0.4) is 0 Å². The Balaban J connectivity index is 1.40. The van der Waals surface area contributed by atoms with E-state index in [2.05, 4.69) is 27.4 Å². The number of nitrogens with zero attached hydrogens (tertiary/aromatic N) is 5. The van der Waals surface area contributed by atoms with E-state index in [1.807, 2.05) is 12.3 Å². The Morgan fingerprint density at radius 1 is 1.00 bits per heavy atom. The van der Waals surface area contributed by atoms with Crippen molar-refractivity contribution in [1.29, 1.82) is 0 Å². The van der Waals surface area contributed by atoms with Gasteiger partial charge in [0.25, 0.3) is 0 Å². The quantitative estimate of drug-likeness (QED) is 0.556. The Morgan fingerprint density at radius 3 is 2.60 bits per heavy atom. The minimum atomic E-state index is -0.360.